The van der Waals surface area contributed by atoms with Gasteiger partial charge in [-0.2, -0.15) is 0 Å². The van der Waals surface area contributed by atoms with Crippen molar-refractivity contribution >= 4 is 27.3 Å². The Kier molecular flexibility index (Phi) is 4.32. The predicted molar refractivity (Wildman–Crippen MR) is 94.8 cm³/mol. The average molecular weight is 344 g/mol. The maximum absolute atomic E-state index is 13.0. The van der Waals surface area contributed by atoms with E-state index in [0.29, 0.717) is 22.8 Å². The average Bonchev–Trinajstić information content (AvgIpc) is 2.54. The molecule has 1 aliphatic heterocycles. The normalized spacial score (nSPS) is 14.2. The van der Waals surface area contributed by atoms with E-state index in [-0.39, 0.29) is 5.91 Å². The van der Waals surface area contributed by atoms with Crippen LogP contribution in [-0.2, 0) is 21.2 Å². The lowest BCUT2D eigenvalue weighted by Crippen LogP contribution is -2.35. The van der Waals surface area contributed by atoms with Gasteiger partial charge in [0.05, 0.1) is 10.6 Å². The second-order valence-electron chi connectivity index (χ2n) is 6.02. The van der Waals surface area contributed by atoms with Crippen molar-refractivity contribution in [3.63, 3.8) is 0 Å². The molecule has 3 rings (SSSR count). The Hall–Kier alpha value is -2.34. The molecule has 5 nitrogen and oxygen atoms in total. The Bertz CT molecular complexity index is 874. The Morgan fingerprint density at radius 2 is 1.83 bits per heavy atom. The summed E-state index contributed by atoms with van der Waals surface area (Å²) < 4.78 is 27.4. The first kappa shape index (κ1) is 16.5. The quantitative estimate of drug-likeness (QED) is 0.930. The molecule has 0 radical (unpaired) electrons. The van der Waals surface area contributed by atoms with Gasteiger partial charge in [-0.3, -0.25) is 9.10 Å². The van der Waals surface area contributed by atoms with Gasteiger partial charge in [-0.05, 0) is 55.7 Å². The number of sulfonamides is 1. The zero-order valence-corrected chi connectivity index (χ0v) is 14.6. The molecule has 126 valence electrons. The number of aryl methyl sites for hydroxylation is 2. The first-order chi connectivity index (χ1) is 11.4. The molecule has 0 saturated carbocycles. The zero-order valence-electron chi connectivity index (χ0n) is 13.7. The Labute approximate surface area is 142 Å². The van der Waals surface area contributed by atoms with Crippen molar-refractivity contribution in [2.45, 2.75) is 31.6 Å². The molecular weight excluding hydrogens is 324 g/mol. The van der Waals surface area contributed by atoms with Crippen molar-refractivity contribution < 1.29 is 13.2 Å². The highest BCUT2D eigenvalue weighted by Crippen LogP contribution is 2.33. The maximum atomic E-state index is 13.0. The van der Waals surface area contributed by atoms with Crippen molar-refractivity contribution in [1.29, 1.82) is 0 Å². The Balaban J connectivity index is 1.99. The summed E-state index contributed by atoms with van der Waals surface area (Å²) in [5.74, 6) is -0.144. The summed E-state index contributed by atoms with van der Waals surface area (Å²) in [6.07, 6.45) is 1.55. The fourth-order valence-corrected chi connectivity index (χ4v) is 4.47. The van der Waals surface area contributed by atoms with E-state index in [1.807, 2.05) is 13.0 Å². The standard InChI is InChI=1S/C18H20N2O3S/c1-13-5-8-17(9-6-13)24(22,23)20-11-3-4-15-12-16(19-14(2)21)7-10-18(15)20/h5-10,12H,3-4,11H2,1-2H3,(H,19,21). The first-order valence-corrected chi connectivity index (χ1v) is 9.32. The van der Waals surface area contributed by atoms with E-state index >= 15 is 0 Å². The summed E-state index contributed by atoms with van der Waals surface area (Å²) >= 11 is 0. The Morgan fingerprint density at radius 3 is 2.50 bits per heavy atom. The van der Waals surface area contributed by atoms with E-state index in [2.05, 4.69) is 5.32 Å². The zero-order chi connectivity index (χ0) is 17.3. The number of benzene rings is 2. The summed E-state index contributed by atoms with van der Waals surface area (Å²) in [7, 11) is -3.58. The first-order valence-electron chi connectivity index (χ1n) is 7.88. The van der Waals surface area contributed by atoms with Crippen molar-refractivity contribution in [2.75, 3.05) is 16.2 Å². The van der Waals surface area contributed by atoms with Gasteiger partial charge in [-0.25, -0.2) is 8.42 Å². The molecule has 24 heavy (non-hydrogen) atoms. The van der Waals surface area contributed by atoms with Crippen LogP contribution in [0, 0.1) is 6.92 Å². The number of hydrogen-bond acceptors (Lipinski definition) is 3. The molecular formula is C18H20N2O3S. The van der Waals surface area contributed by atoms with Crippen molar-refractivity contribution in [3.8, 4) is 0 Å². The van der Waals surface area contributed by atoms with Crippen LogP contribution in [0.15, 0.2) is 47.4 Å². The maximum Gasteiger partial charge on any atom is 0.264 e. The van der Waals surface area contributed by atoms with Crippen LogP contribution in [0.4, 0.5) is 11.4 Å². The summed E-state index contributed by atoms with van der Waals surface area (Å²) in [6, 6.07) is 12.3. The second-order valence-corrected chi connectivity index (χ2v) is 7.88. The van der Waals surface area contributed by atoms with Gasteiger partial charge >= 0.3 is 0 Å². The van der Waals surface area contributed by atoms with Gasteiger partial charge in [0, 0.05) is 19.2 Å². The van der Waals surface area contributed by atoms with Crippen LogP contribution >= 0.6 is 0 Å². The third-order valence-corrected chi connectivity index (χ3v) is 5.91. The van der Waals surface area contributed by atoms with Crippen LogP contribution in [0.1, 0.15) is 24.5 Å². The minimum absolute atomic E-state index is 0.144. The number of anilines is 2. The lowest BCUT2D eigenvalue weighted by molar-refractivity contribution is -0.114. The van der Waals surface area contributed by atoms with Gasteiger partial charge in [-0.1, -0.05) is 17.7 Å². The highest BCUT2D eigenvalue weighted by Gasteiger charge is 2.29. The molecule has 0 aromatic heterocycles. The number of rotatable bonds is 3. The third kappa shape index (κ3) is 3.14. The van der Waals surface area contributed by atoms with E-state index in [0.717, 1.165) is 24.0 Å². The molecule has 1 aliphatic rings. The van der Waals surface area contributed by atoms with E-state index in [1.54, 1.807) is 36.4 Å². The van der Waals surface area contributed by atoms with E-state index < -0.39 is 10.0 Å². The molecule has 6 heteroatoms. The topological polar surface area (TPSA) is 66.5 Å². The van der Waals surface area contributed by atoms with Gasteiger partial charge in [-0.15, -0.1) is 0 Å². The molecule has 1 N–H and O–H groups in total. The monoisotopic (exact) mass is 344 g/mol. The number of carbonyl (C=O) groups excluding carboxylic acids is 1. The van der Waals surface area contributed by atoms with Crippen LogP contribution < -0.4 is 9.62 Å². The van der Waals surface area contributed by atoms with Crippen LogP contribution in [-0.4, -0.2) is 20.9 Å². The number of nitrogens with zero attached hydrogens (tertiary/aromatic N) is 1. The molecule has 0 aliphatic carbocycles. The molecule has 0 spiro atoms. The molecule has 2 aromatic carbocycles. The molecule has 2 aromatic rings. The van der Waals surface area contributed by atoms with Gasteiger partial charge in [0.15, 0.2) is 0 Å². The number of nitrogens with one attached hydrogen (secondary N) is 1. The summed E-state index contributed by atoms with van der Waals surface area (Å²) in [5.41, 5.74) is 3.34. The minimum atomic E-state index is -3.58. The molecule has 0 unspecified atom stereocenters. The van der Waals surface area contributed by atoms with E-state index in [4.69, 9.17) is 0 Å². The largest absolute Gasteiger partial charge is 0.326 e. The summed E-state index contributed by atoms with van der Waals surface area (Å²) in [4.78, 5) is 11.5. The molecule has 1 heterocycles. The fraction of sp³-hybridized carbons (Fsp3) is 0.278. The van der Waals surface area contributed by atoms with Gasteiger partial charge < -0.3 is 5.32 Å². The molecule has 0 bridgehead atoms. The van der Waals surface area contributed by atoms with Crippen molar-refractivity contribution in [2.24, 2.45) is 0 Å². The number of amides is 1. The van der Waals surface area contributed by atoms with Gasteiger partial charge in [0.25, 0.3) is 10.0 Å². The van der Waals surface area contributed by atoms with Crippen LogP contribution in [0.3, 0.4) is 0 Å². The van der Waals surface area contributed by atoms with Crippen molar-refractivity contribution in [1.82, 2.24) is 0 Å². The number of hydrogen-bond donors (Lipinski definition) is 1. The number of carbonyl (C=O) groups is 1. The van der Waals surface area contributed by atoms with E-state index in [1.165, 1.54) is 11.2 Å². The van der Waals surface area contributed by atoms with Crippen LogP contribution in [0.2, 0.25) is 0 Å². The smallest absolute Gasteiger partial charge is 0.264 e. The summed E-state index contributed by atoms with van der Waals surface area (Å²) in [5, 5.41) is 2.74. The van der Waals surface area contributed by atoms with Gasteiger partial charge in [0.2, 0.25) is 5.91 Å². The van der Waals surface area contributed by atoms with E-state index in [9.17, 15) is 13.2 Å². The SMILES string of the molecule is CC(=O)Nc1ccc2c(c1)CCCN2S(=O)(=O)c1ccc(C)cc1. The molecule has 0 atom stereocenters. The molecule has 0 saturated heterocycles. The molecule has 1 amide bonds. The van der Waals surface area contributed by atoms with Crippen molar-refractivity contribution in [3.05, 3.63) is 53.6 Å². The second kappa shape index (κ2) is 6.28. The van der Waals surface area contributed by atoms with Crippen LogP contribution in [0.5, 0.6) is 0 Å². The molecule has 0 fully saturated rings. The number of fused-ring (bicyclic) bond motifs is 1. The summed E-state index contributed by atoms with van der Waals surface area (Å²) in [6.45, 7) is 3.84. The predicted octanol–water partition coefficient (Wildman–Crippen LogP) is 3.09. The third-order valence-electron chi connectivity index (χ3n) is 4.08. The highest BCUT2D eigenvalue weighted by molar-refractivity contribution is 7.92. The minimum Gasteiger partial charge on any atom is -0.326 e. The lowest BCUT2D eigenvalue weighted by atomic mass is 10.0. The van der Waals surface area contributed by atoms with Crippen LogP contribution in [0.25, 0.3) is 0 Å². The van der Waals surface area contributed by atoms with Gasteiger partial charge in [0.1, 0.15) is 0 Å². The Morgan fingerprint density at radius 1 is 1.12 bits per heavy atom. The highest BCUT2D eigenvalue weighted by atomic mass is 32.2. The fourth-order valence-electron chi connectivity index (χ4n) is 2.93. The lowest BCUT2D eigenvalue weighted by Gasteiger charge is -2.31.